The number of piperazine rings is 1. The maximum atomic E-state index is 13.9. The van der Waals surface area contributed by atoms with Gasteiger partial charge in [-0.3, -0.25) is 4.79 Å². The molecule has 0 bridgehead atoms. The summed E-state index contributed by atoms with van der Waals surface area (Å²) in [6.45, 7) is 0.263. The van der Waals surface area contributed by atoms with E-state index in [9.17, 15) is 22.0 Å². The second-order valence-corrected chi connectivity index (χ2v) is 9.10. The van der Waals surface area contributed by atoms with E-state index in [1.54, 1.807) is 23.2 Å². The molecule has 32 heavy (non-hydrogen) atoms. The van der Waals surface area contributed by atoms with Gasteiger partial charge in [-0.15, -0.1) is 0 Å². The molecule has 1 saturated heterocycles. The Morgan fingerprint density at radius 3 is 2.44 bits per heavy atom. The summed E-state index contributed by atoms with van der Waals surface area (Å²) in [6, 6.07) is 11.8. The van der Waals surface area contributed by atoms with Crippen molar-refractivity contribution in [3.8, 4) is 5.69 Å². The minimum Gasteiger partial charge on any atom is -0.337 e. The van der Waals surface area contributed by atoms with E-state index < -0.39 is 26.6 Å². The third-order valence-corrected chi connectivity index (χ3v) is 7.02. The fourth-order valence-corrected chi connectivity index (χ4v) is 4.88. The van der Waals surface area contributed by atoms with Crippen LogP contribution in [0.15, 0.2) is 71.9 Å². The van der Waals surface area contributed by atoms with Crippen molar-refractivity contribution in [2.75, 3.05) is 26.2 Å². The van der Waals surface area contributed by atoms with E-state index in [1.807, 2.05) is 30.3 Å². The van der Waals surface area contributed by atoms with Crippen molar-refractivity contribution < 1.29 is 22.0 Å². The van der Waals surface area contributed by atoms with Gasteiger partial charge in [0.25, 0.3) is 0 Å². The summed E-state index contributed by atoms with van der Waals surface area (Å²) in [6.07, 6.45) is 6.47. The molecule has 2 heterocycles. The van der Waals surface area contributed by atoms with Crippen molar-refractivity contribution in [3.05, 3.63) is 84.2 Å². The van der Waals surface area contributed by atoms with Crippen LogP contribution in [-0.4, -0.2) is 59.5 Å². The number of hydrogen-bond donors (Lipinski definition) is 0. The third-order valence-electron chi connectivity index (χ3n) is 5.10. The first-order valence-electron chi connectivity index (χ1n) is 9.87. The van der Waals surface area contributed by atoms with Crippen molar-refractivity contribution >= 4 is 22.0 Å². The average molecular weight is 458 g/mol. The Balaban J connectivity index is 1.38. The van der Waals surface area contributed by atoms with Gasteiger partial charge < -0.3 is 4.90 Å². The topological polar surface area (TPSA) is 75.5 Å². The summed E-state index contributed by atoms with van der Waals surface area (Å²) in [4.78, 5) is 13.3. The standard InChI is InChI=1S/C22H20F2N4O3S/c23-18-7-8-20(24)21(14-18)32(30,31)27-12-10-26(11-13-27)22(29)9-6-17-15-25-28(16-17)19-4-2-1-3-5-19/h1-9,14-16H,10-13H2/b9-6+. The molecule has 0 spiro atoms. The van der Waals surface area contributed by atoms with Crippen LogP contribution in [0.2, 0.25) is 0 Å². The minimum atomic E-state index is -4.19. The maximum Gasteiger partial charge on any atom is 0.246 e. The van der Waals surface area contributed by atoms with E-state index in [-0.39, 0.29) is 32.1 Å². The molecular formula is C22H20F2N4O3S. The lowest BCUT2D eigenvalue weighted by Gasteiger charge is -2.33. The van der Waals surface area contributed by atoms with Gasteiger partial charge in [-0.05, 0) is 36.4 Å². The van der Waals surface area contributed by atoms with Crippen molar-refractivity contribution in [2.24, 2.45) is 0 Å². The summed E-state index contributed by atoms with van der Waals surface area (Å²) >= 11 is 0. The molecule has 7 nitrogen and oxygen atoms in total. The smallest absolute Gasteiger partial charge is 0.246 e. The Kier molecular flexibility index (Phi) is 6.15. The zero-order valence-corrected chi connectivity index (χ0v) is 17.8. The van der Waals surface area contributed by atoms with Crippen LogP contribution < -0.4 is 0 Å². The second kappa shape index (κ2) is 9.01. The average Bonchev–Trinajstić information content (AvgIpc) is 3.29. The molecule has 166 valence electrons. The van der Waals surface area contributed by atoms with Gasteiger partial charge in [0.15, 0.2) is 0 Å². The molecule has 1 aromatic heterocycles. The molecule has 0 radical (unpaired) electrons. The number of para-hydroxylation sites is 1. The summed E-state index contributed by atoms with van der Waals surface area (Å²) in [7, 11) is -4.19. The molecule has 0 atom stereocenters. The number of nitrogens with zero attached hydrogens (tertiary/aromatic N) is 4. The predicted molar refractivity (Wildman–Crippen MR) is 114 cm³/mol. The molecule has 1 aliphatic rings. The first-order chi connectivity index (χ1) is 15.3. The van der Waals surface area contributed by atoms with Gasteiger partial charge in [-0.1, -0.05) is 18.2 Å². The SMILES string of the molecule is O=C(/C=C/c1cnn(-c2ccccc2)c1)N1CCN(S(=O)(=O)c2cc(F)ccc2F)CC1. The highest BCUT2D eigenvalue weighted by Gasteiger charge is 2.31. The van der Waals surface area contributed by atoms with Gasteiger partial charge in [0.1, 0.15) is 16.5 Å². The number of benzene rings is 2. The Hall–Kier alpha value is -3.37. The van der Waals surface area contributed by atoms with E-state index in [0.717, 1.165) is 27.7 Å². The molecule has 0 aliphatic carbocycles. The molecule has 1 amide bonds. The highest BCUT2D eigenvalue weighted by molar-refractivity contribution is 7.89. The van der Waals surface area contributed by atoms with Crippen molar-refractivity contribution in [3.63, 3.8) is 0 Å². The van der Waals surface area contributed by atoms with Crippen LogP contribution in [-0.2, 0) is 14.8 Å². The molecule has 0 N–H and O–H groups in total. The molecule has 3 aromatic rings. The van der Waals surface area contributed by atoms with Gasteiger partial charge >= 0.3 is 0 Å². The Labute approximate surface area is 184 Å². The molecule has 10 heteroatoms. The quantitative estimate of drug-likeness (QED) is 0.551. The molecule has 1 aliphatic heterocycles. The van der Waals surface area contributed by atoms with Gasteiger partial charge in [-0.2, -0.15) is 9.40 Å². The molecule has 0 unspecified atom stereocenters. The minimum absolute atomic E-state index is 0.0101. The molecule has 1 fully saturated rings. The number of carbonyl (C=O) groups is 1. The summed E-state index contributed by atoms with van der Waals surface area (Å²) < 4.78 is 55.4. The lowest BCUT2D eigenvalue weighted by Crippen LogP contribution is -2.50. The van der Waals surface area contributed by atoms with Gasteiger partial charge in [0, 0.05) is 44.0 Å². The number of halogens is 2. The lowest BCUT2D eigenvalue weighted by atomic mass is 10.3. The summed E-state index contributed by atoms with van der Waals surface area (Å²) in [5.41, 5.74) is 1.63. The van der Waals surface area contributed by atoms with Crippen molar-refractivity contribution in [2.45, 2.75) is 4.90 Å². The molecule has 4 rings (SSSR count). The van der Waals surface area contributed by atoms with Crippen LogP contribution in [0.3, 0.4) is 0 Å². The monoisotopic (exact) mass is 458 g/mol. The number of hydrogen-bond acceptors (Lipinski definition) is 4. The van der Waals surface area contributed by atoms with E-state index in [0.29, 0.717) is 6.07 Å². The normalized spacial score (nSPS) is 15.4. The number of aromatic nitrogens is 2. The van der Waals surface area contributed by atoms with Crippen LogP contribution in [0, 0.1) is 11.6 Å². The summed E-state index contributed by atoms with van der Waals surface area (Å²) in [5.74, 6) is -2.12. The van der Waals surface area contributed by atoms with E-state index in [4.69, 9.17) is 0 Å². The Morgan fingerprint density at radius 2 is 1.72 bits per heavy atom. The number of sulfonamides is 1. The van der Waals surface area contributed by atoms with Crippen LogP contribution >= 0.6 is 0 Å². The molecular weight excluding hydrogens is 438 g/mol. The van der Waals surface area contributed by atoms with Crippen molar-refractivity contribution in [1.29, 1.82) is 0 Å². The van der Waals surface area contributed by atoms with E-state index >= 15 is 0 Å². The van der Waals surface area contributed by atoms with Gasteiger partial charge in [0.05, 0.1) is 11.9 Å². The zero-order chi connectivity index (χ0) is 22.7. The first-order valence-corrected chi connectivity index (χ1v) is 11.3. The third kappa shape index (κ3) is 4.61. The Bertz CT molecular complexity index is 1250. The largest absolute Gasteiger partial charge is 0.337 e. The molecule has 2 aromatic carbocycles. The van der Waals surface area contributed by atoms with E-state index in [1.165, 1.54) is 11.0 Å². The second-order valence-electron chi connectivity index (χ2n) is 7.19. The number of amides is 1. The maximum absolute atomic E-state index is 13.9. The van der Waals surface area contributed by atoms with Crippen molar-refractivity contribution in [1.82, 2.24) is 19.0 Å². The molecule has 0 saturated carbocycles. The van der Waals surface area contributed by atoms with E-state index in [2.05, 4.69) is 5.10 Å². The number of rotatable bonds is 5. The number of carbonyl (C=O) groups excluding carboxylic acids is 1. The van der Waals surface area contributed by atoms with Gasteiger partial charge in [0.2, 0.25) is 15.9 Å². The highest BCUT2D eigenvalue weighted by atomic mass is 32.2. The zero-order valence-electron chi connectivity index (χ0n) is 16.9. The van der Waals surface area contributed by atoms with Crippen LogP contribution in [0.1, 0.15) is 5.56 Å². The fraction of sp³-hybridized carbons (Fsp3) is 0.182. The lowest BCUT2D eigenvalue weighted by molar-refractivity contribution is -0.127. The van der Waals surface area contributed by atoms with Crippen LogP contribution in [0.25, 0.3) is 11.8 Å². The first kappa shape index (κ1) is 21.8. The van der Waals surface area contributed by atoms with Crippen LogP contribution in [0.5, 0.6) is 0 Å². The summed E-state index contributed by atoms with van der Waals surface area (Å²) in [5, 5.41) is 4.27. The fourth-order valence-electron chi connectivity index (χ4n) is 3.38. The van der Waals surface area contributed by atoms with Gasteiger partial charge in [-0.25, -0.2) is 21.9 Å². The Morgan fingerprint density at radius 1 is 1.00 bits per heavy atom. The predicted octanol–water partition coefficient (Wildman–Crippen LogP) is 2.70. The van der Waals surface area contributed by atoms with Crippen LogP contribution in [0.4, 0.5) is 8.78 Å². The highest BCUT2D eigenvalue weighted by Crippen LogP contribution is 2.22.